The quantitative estimate of drug-likeness (QED) is 0.547. The van der Waals surface area contributed by atoms with E-state index >= 15 is 0 Å². The number of hydrogen-bond acceptors (Lipinski definition) is 3. The molecule has 1 fully saturated rings. The van der Waals surface area contributed by atoms with Crippen LogP contribution in [0.5, 0.6) is 0 Å². The van der Waals surface area contributed by atoms with Gasteiger partial charge in [-0.2, -0.15) is 5.26 Å². The SMILES string of the molecule is N#CC1CCN(Cc2c(-c3ccc(F)cc3F)nc3n2CCc2ccc(Cl)cc2-3)CC1. The lowest BCUT2D eigenvalue weighted by Crippen LogP contribution is -2.33. The number of imidazole rings is 1. The van der Waals surface area contributed by atoms with E-state index in [4.69, 9.17) is 16.6 Å². The molecule has 0 amide bonds. The molecule has 5 rings (SSSR count). The molecule has 0 radical (unpaired) electrons. The van der Waals surface area contributed by atoms with E-state index in [1.54, 1.807) is 0 Å². The highest BCUT2D eigenvalue weighted by Crippen LogP contribution is 2.37. The van der Waals surface area contributed by atoms with Crippen LogP contribution in [0.2, 0.25) is 5.02 Å². The van der Waals surface area contributed by atoms with Gasteiger partial charge in [0.2, 0.25) is 0 Å². The van der Waals surface area contributed by atoms with Gasteiger partial charge in [0, 0.05) is 41.2 Å². The first-order valence-corrected chi connectivity index (χ1v) is 10.9. The topological polar surface area (TPSA) is 44.9 Å². The number of fused-ring (bicyclic) bond motifs is 3. The largest absolute Gasteiger partial charge is 0.326 e. The van der Waals surface area contributed by atoms with Crippen LogP contribution in [0, 0.1) is 28.9 Å². The molecule has 158 valence electrons. The second-order valence-electron chi connectivity index (χ2n) is 8.24. The fourth-order valence-electron chi connectivity index (χ4n) is 4.63. The minimum absolute atomic E-state index is 0.0960. The summed E-state index contributed by atoms with van der Waals surface area (Å²) >= 11 is 6.26. The highest BCUT2D eigenvalue weighted by molar-refractivity contribution is 6.30. The Kier molecular flexibility index (Phi) is 5.25. The van der Waals surface area contributed by atoms with Gasteiger partial charge in [-0.3, -0.25) is 4.90 Å². The van der Waals surface area contributed by atoms with E-state index in [-0.39, 0.29) is 5.92 Å². The van der Waals surface area contributed by atoms with Crippen LogP contribution >= 0.6 is 11.6 Å². The average Bonchev–Trinajstić information content (AvgIpc) is 3.13. The highest BCUT2D eigenvalue weighted by atomic mass is 35.5. The van der Waals surface area contributed by atoms with E-state index in [0.29, 0.717) is 22.8 Å². The standard InChI is InChI=1S/C24H21ClF2N4/c25-17-2-1-16-7-10-31-22(14-30-8-5-15(13-28)6-9-30)23(29-24(31)20(16)11-17)19-4-3-18(26)12-21(19)27/h1-4,11-12,15H,5-10,14H2. The Morgan fingerprint density at radius 1 is 1.06 bits per heavy atom. The van der Waals surface area contributed by atoms with Gasteiger partial charge in [-0.15, -0.1) is 0 Å². The van der Waals surface area contributed by atoms with Crippen molar-refractivity contribution in [3.8, 4) is 28.7 Å². The summed E-state index contributed by atoms with van der Waals surface area (Å²) in [6, 6.07) is 11.8. The Morgan fingerprint density at radius 2 is 1.87 bits per heavy atom. The zero-order valence-corrected chi connectivity index (χ0v) is 17.7. The van der Waals surface area contributed by atoms with Crippen molar-refractivity contribution in [2.24, 2.45) is 5.92 Å². The molecule has 0 saturated carbocycles. The second kappa shape index (κ2) is 8.07. The summed E-state index contributed by atoms with van der Waals surface area (Å²) in [5.41, 5.74) is 3.88. The van der Waals surface area contributed by atoms with Gasteiger partial charge in [-0.05, 0) is 62.2 Å². The van der Waals surface area contributed by atoms with Crippen LogP contribution in [0.25, 0.3) is 22.6 Å². The van der Waals surface area contributed by atoms with Gasteiger partial charge >= 0.3 is 0 Å². The second-order valence-corrected chi connectivity index (χ2v) is 8.67. The van der Waals surface area contributed by atoms with E-state index in [9.17, 15) is 14.0 Å². The molecule has 4 nitrogen and oxygen atoms in total. The Morgan fingerprint density at radius 3 is 2.61 bits per heavy atom. The van der Waals surface area contributed by atoms with Gasteiger partial charge in [0.25, 0.3) is 0 Å². The number of aryl methyl sites for hydroxylation is 1. The van der Waals surface area contributed by atoms with Crippen molar-refractivity contribution in [1.29, 1.82) is 5.26 Å². The monoisotopic (exact) mass is 438 g/mol. The molecule has 3 aromatic rings. The van der Waals surface area contributed by atoms with Crippen LogP contribution in [0.3, 0.4) is 0 Å². The van der Waals surface area contributed by atoms with E-state index in [2.05, 4.69) is 15.5 Å². The minimum atomic E-state index is -0.619. The molecule has 3 heterocycles. The first kappa shape index (κ1) is 20.2. The number of piperidine rings is 1. The lowest BCUT2D eigenvalue weighted by molar-refractivity contribution is 0.194. The summed E-state index contributed by atoms with van der Waals surface area (Å²) in [5.74, 6) is -0.364. The molecule has 1 saturated heterocycles. The molecule has 7 heteroatoms. The van der Waals surface area contributed by atoms with E-state index < -0.39 is 11.6 Å². The number of aromatic nitrogens is 2. The molecule has 2 aromatic carbocycles. The maximum Gasteiger partial charge on any atom is 0.141 e. The van der Waals surface area contributed by atoms with Crippen LogP contribution in [-0.4, -0.2) is 27.5 Å². The fourth-order valence-corrected chi connectivity index (χ4v) is 4.80. The molecule has 2 aliphatic heterocycles. The Bertz CT molecular complexity index is 1190. The van der Waals surface area contributed by atoms with Gasteiger partial charge in [0.1, 0.15) is 17.5 Å². The summed E-state index contributed by atoms with van der Waals surface area (Å²) in [6.45, 7) is 2.97. The average molecular weight is 439 g/mol. The molecular formula is C24H21ClF2N4. The predicted octanol–water partition coefficient (Wildman–Crippen LogP) is 5.44. The normalized spacial score (nSPS) is 16.6. The molecule has 0 atom stereocenters. The lowest BCUT2D eigenvalue weighted by Gasteiger charge is -2.30. The van der Waals surface area contributed by atoms with Crippen molar-refractivity contribution in [3.05, 3.63) is 64.3 Å². The van der Waals surface area contributed by atoms with Gasteiger partial charge in [0.05, 0.1) is 17.5 Å². The number of likely N-dealkylation sites (tertiary alicyclic amines) is 1. The summed E-state index contributed by atoms with van der Waals surface area (Å²) in [4.78, 5) is 7.14. The molecule has 0 bridgehead atoms. The van der Waals surface area contributed by atoms with Crippen LogP contribution < -0.4 is 0 Å². The third kappa shape index (κ3) is 3.73. The third-order valence-electron chi connectivity index (χ3n) is 6.32. The summed E-state index contributed by atoms with van der Waals surface area (Å²) < 4.78 is 30.5. The Balaban J connectivity index is 1.61. The highest BCUT2D eigenvalue weighted by Gasteiger charge is 2.28. The van der Waals surface area contributed by atoms with Gasteiger partial charge < -0.3 is 4.57 Å². The molecule has 1 aromatic heterocycles. The first-order valence-electron chi connectivity index (χ1n) is 10.5. The minimum Gasteiger partial charge on any atom is -0.326 e. The Hall–Kier alpha value is -2.75. The Labute approximate surface area is 184 Å². The van der Waals surface area contributed by atoms with E-state index in [0.717, 1.165) is 67.6 Å². The number of rotatable bonds is 3. The number of hydrogen-bond donors (Lipinski definition) is 0. The van der Waals surface area contributed by atoms with Crippen LogP contribution in [-0.2, 0) is 19.5 Å². The maximum atomic E-state index is 14.8. The number of nitriles is 1. The molecule has 0 unspecified atom stereocenters. The van der Waals surface area contributed by atoms with Crippen molar-refractivity contribution in [2.45, 2.75) is 32.4 Å². The fraction of sp³-hybridized carbons (Fsp3) is 0.333. The van der Waals surface area contributed by atoms with Crippen LogP contribution in [0.1, 0.15) is 24.1 Å². The molecule has 2 aliphatic rings. The predicted molar refractivity (Wildman–Crippen MR) is 115 cm³/mol. The van der Waals surface area contributed by atoms with E-state index in [1.807, 2.05) is 18.2 Å². The zero-order valence-electron chi connectivity index (χ0n) is 16.9. The van der Waals surface area contributed by atoms with Crippen molar-refractivity contribution in [3.63, 3.8) is 0 Å². The van der Waals surface area contributed by atoms with E-state index in [1.165, 1.54) is 12.1 Å². The lowest BCUT2D eigenvalue weighted by atomic mass is 9.98. The van der Waals surface area contributed by atoms with Crippen LogP contribution in [0.4, 0.5) is 8.78 Å². The summed E-state index contributed by atoms with van der Waals surface area (Å²) in [5, 5.41) is 9.82. The molecule has 0 spiro atoms. The smallest absolute Gasteiger partial charge is 0.141 e. The molecule has 0 aliphatic carbocycles. The zero-order chi connectivity index (χ0) is 21.5. The van der Waals surface area contributed by atoms with Crippen molar-refractivity contribution in [2.75, 3.05) is 13.1 Å². The summed E-state index contributed by atoms with van der Waals surface area (Å²) in [7, 11) is 0. The maximum absolute atomic E-state index is 14.8. The number of nitrogens with zero attached hydrogens (tertiary/aromatic N) is 4. The van der Waals surface area contributed by atoms with Crippen molar-refractivity contribution < 1.29 is 8.78 Å². The third-order valence-corrected chi connectivity index (χ3v) is 6.55. The van der Waals surface area contributed by atoms with Crippen LogP contribution in [0.15, 0.2) is 36.4 Å². The molecular weight excluding hydrogens is 418 g/mol. The van der Waals surface area contributed by atoms with Crippen molar-refractivity contribution >= 4 is 11.6 Å². The summed E-state index contributed by atoms with van der Waals surface area (Å²) in [6.07, 6.45) is 2.50. The van der Waals surface area contributed by atoms with Gasteiger partial charge in [-0.1, -0.05) is 17.7 Å². The van der Waals surface area contributed by atoms with Crippen molar-refractivity contribution in [1.82, 2.24) is 14.5 Å². The van der Waals surface area contributed by atoms with Gasteiger partial charge in [0.15, 0.2) is 0 Å². The number of benzene rings is 2. The molecule has 31 heavy (non-hydrogen) atoms. The number of halogens is 3. The first-order chi connectivity index (χ1) is 15.0. The van der Waals surface area contributed by atoms with Gasteiger partial charge in [-0.25, -0.2) is 13.8 Å². The molecule has 0 N–H and O–H groups in total.